The summed E-state index contributed by atoms with van der Waals surface area (Å²) < 4.78 is 5.79. The number of thioether (sulfide) groups is 1. The second-order valence-electron chi connectivity index (χ2n) is 5.68. The Morgan fingerprint density at radius 2 is 2.04 bits per heavy atom. The Morgan fingerprint density at radius 1 is 1.24 bits per heavy atom. The molecular formula is C20H19NO2S2. The van der Waals surface area contributed by atoms with Crippen LogP contribution in [-0.2, 0) is 11.2 Å². The molecule has 2 aromatic rings. The maximum Gasteiger partial charge on any atom is 0.270 e. The Kier molecular flexibility index (Phi) is 5.89. The van der Waals surface area contributed by atoms with Crippen molar-refractivity contribution >= 4 is 46.0 Å². The maximum atomic E-state index is 12.7. The minimum absolute atomic E-state index is 0.0830. The standard InChI is InChI=1S/C20H19NO2S2/c1-2-3-6-15-10-12-16(13-11-15)21-19(22)18(25-20(21)24)9-4-7-17-8-5-14-23-17/h4-5,7-14H,2-3,6H2,1H3/b7-4+,18-9+. The fourth-order valence-corrected chi connectivity index (χ4v) is 3.76. The number of furan rings is 1. The van der Waals surface area contributed by atoms with Crippen LogP contribution in [0.1, 0.15) is 31.1 Å². The predicted molar refractivity (Wildman–Crippen MR) is 109 cm³/mol. The van der Waals surface area contributed by atoms with Gasteiger partial charge in [0.05, 0.1) is 16.9 Å². The number of rotatable bonds is 6. The minimum Gasteiger partial charge on any atom is -0.465 e. The molecule has 1 saturated heterocycles. The molecule has 1 fully saturated rings. The first-order valence-electron chi connectivity index (χ1n) is 8.26. The zero-order valence-corrected chi connectivity index (χ0v) is 15.6. The fraction of sp³-hybridized carbons (Fsp3) is 0.200. The van der Waals surface area contributed by atoms with Gasteiger partial charge >= 0.3 is 0 Å². The second kappa shape index (κ2) is 8.32. The van der Waals surface area contributed by atoms with E-state index in [2.05, 4.69) is 19.1 Å². The molecule has 0 atom stereocenters. The third-order valence-corrected chi connectivity index (χ3v) is 5.18. The van der Waals surface area contributed by atoms with Crippen molar-refractivity contribution in [1.29, 1.82) is 0 Å². The average Bonchev–Trinajstić information content (AvgIpc) is 3.22. The Hall–Kier alpha value is -2.11. The van der Waals surface area contributed by atoms with Crippen LogP contribution in [0.25, 0.3) is 6.08 Å². The van der Waals surface area contributed by atoms with Crippen molar-refractivity contribution in [3.05, 3.63) is 71.0 Å². The normalized spacial score (nSPS) is 16.5. The lowest BCUT2D eigenvalue weighted by Gasteiger charge is -2.15. The number of aryl methyl sites for hydroxylation is 1. The number of unbranched alkanes of at least 4 members (excludes halogenated alkanes) is 1. The molecule has 0 radical (unpaired) electrons. The van der Waals surface area contributed by atoms with Crippen molar-refractivity contribution in [1.82, 2.24) is 0 Å². The van der Waals surface area contributed by atoms with E-state index in [-0.39, 0.29) is 5.91 Å². The van der Waals surface area contributed by atoms with Gasteiger partial charge in [-0.25, -0.2) is 0 Å². The smallest absolute Gasteiger partial charge is 0.270 e. The lowest BCUT2D eigenvalue weighted by molar-refractivity contribution is -0.113. The van der Waals surface area contributed by atoms with Gasteiger partial charge in [-0.05, 0) is 54.8 Å². The van der Waals surface area contributed by atoms with Crippen LogP contribution < -0.4 is 4.90 Å². The number of amides is 1. The number of carbonyl (C=O) groups excluding carboxylic acids is 1. The molecule has 0 aliphatic carbocycles. The number of thiocarbonyl (C=S) groups is 1. The van der Waals surface area contributed by atoms with Gasteiger partial charge in [0.25, 0.3) is 5.91 Å². The van der Waals surface area contributed by atoms with Gasteiger partial charge in [0.15, 0.2) is 4.32 Å². The minimum atomic E-state index is -0.0830. The molecule has 5 heteroatoms. The van der Waals surface area contributed by atoms with E-state index in [1.54, 1.807) is 23.3 Å². The zero-order chi connectivity index (χ0) is 17.6. The molecule has 2 heterocycles. The van der Waals surface area contributed by atoms with Crippen molar-refractivity contribution in [3.8, 4) is 0 Å². The van der Waals surface area contributed by atoms with Crippen molar-refractivity contribution in [3.63, 3.8) is 0 Å². The average molecular weight is 370 g/mol. The van der Waals surface area contributed by atoms with E-state index in [0.717, 1.165) is 17.9 Å². The summed E-state index contributed by atoms with van der Waals surface area (Å²) in [7, 11) is 0. The van der Waals surface area contributed by atoms with Gasteiger partial charge in [0, 0.05) is 0 Å². The van der Waals surface area contributed by atoms with Crippen molar-refractivity contribution in [2.75, 3.05) is 4.90 Å². The first-order chi connectivity index (χ1) is 12.2. The summed E-state index contributed by atoms with van der Waals surface area (Å²) in [5.41, 5.74) is 2.11. The molecule has 128 valence electrons. The number of hydrogen-bond acceptors (Lipinski definition) is 4. The highest BCUT2D eigenvalue weighted by Gasteiger charge is 2.32. The number of allylic oxidation sites excluding steroid dienone is 2. The van der Waals surface area contributed by atoms with E-state index in [0.29, 0.717) is 9.23 Å². The zero-order valence-electron chi connectivity index (χ0n) is 14.0. The number of nitrogens with zero attached hydrogens (tertiary/aromatic N) is 1. The summed E-state index contributed by atoms with van der Waals surface area (Å²) in [5.74, 6) is 0.662. The Morgan fingerprint density at radius 3 is 2.72 bits per heavy atom. The highest BCUT2D eigenvalue weighted by molar-refractivity contribution is 8.27. The molecular weight excluding hydrogens is 350 g/mol. The maximum absolute atomic E-state index is 12.7. The summed E-state index contributed by atoms with van der Waals surface area (Å²) in [6.07, 6.45) is 10.4. The van der Waals surface area contributed by atoms with Crippen LogP contribution in [0.15, 0.2) is 64.1 Å². The monoisotopic (exact) mass is 369 g/mol. The predicted octanol–water partition coefficient (Wildman–Crippen LogP) is 5.58. The fourth-order valence-electron chi connectivity index (χ4n) is 2.51. The lowest BCUT2D eigenvalue weighted by atomic mass is 10.1. The molecule has 0 unspecified atom stereocenters. The van der Waals surface area contributed by atoms with E-state index in [1.165, 1.54) is 30.2 Å². The number of anilines is 1. The number of hydrogen-bond donors (Lipinski definition) is 0. The Balaban J connectivity index is 1.72. The molecule has 0 N–H and O–H groups in total. The second-order valence-corrected chi connectivity index (χ2v) is 7.36. The highest BCUT2D eigenvalue weighted by Crippen LogP contribution is 2.35. The van der Waals surface area contributed by atoms with Crippen molar-refractivity contribution in [2.45, 2.75) is 26.2 Å². The van der Waals surface area contributed by atoms with Gasteiger partial charge in [0.1, 0.15) is 5.76 Å². The molecule has 1 aliphatic rings. The van der Waals surface area contributed by atoms with Gasteiger partial charge in [-0.15, -0.1) is 0 Å². The summed E-state index contributed by atoms with van der Waals surface area (Å²) in [4.78, 5) is 14.9. The van der Waals surface area contributed by atoms with Gasteiger partial charge in [0.2, 0.25) is 0 Å². The molecule has 1 aromatic carbocycles. The van der Waals surface area contributed by atoms with Gasteiger partial charge in [-0.1, -0.05) is 55.5 Å². The summed E-state index contributed by atoms with van der Waals surface area (Å²) in [5, 5.41) is 0. The quantitative estimate of drug-likeness (QED) is 0.491. The molecule has 1 amide bonds. The molecule has 0 spiro atoms. The lowest BCUT2D eigenvalue weighted by Crippen LogP contribution is -2.27. The topological polar surface area (TPSA) is 33.5 Å². The summed E-state index contributed by atoms with van der Waals surface area (Å²) >= 11 is 6.71. The molecule has 25 heavy (non-hydrogen) atoms. The van der Waals surface area contributed by atoms with Crippen molar-refractivity contribution < 1.29 is 9.21 Å². The molecule has 0 saturated carbocycles. The third-order valence-electron chi connectivity index (χ3n) is 3.86. The molecule has 0 bridgehead atoms. The summed E-state index contributed by atoms with van der Waals surface area (Å²) in [6, 6.07) is 11.8. The molecule has 1 aliphatic heterocycles. The molecule has 3 nitrogen and oxygen atoms in total. The SMILES string of the molecule is CCCCc1ccc(N2C(=O)/C(=C\C=C\c3ccco3)SC2=S)cc1. The highest BCUT2D eigenvalue weighted by atomic mass is 32.2. The van der Waals surface area contributed by atoms with E-state index in [9.17, 15) is 4.79 Å². The van der Waals surface area contributed by atoms with Crippen LogP contribution in [0.3, 0.4) is 0 Å². The number of benzene rings is 1. The van der Waals surface area contributed by atoms with E-state index < -0.39 is 0 Å². The Bertz CT molecular complexity index is 805. The van der Waals surface area contributed by atoms with E-state index in [4.69, 9.17) is 16.6 Å². The van der Waals surface area contributed by atoms with Crippen LogP contribution in [0.2, 0.25) is 0 Å². The molecule has 1 aromatic heterocycles. The van der Waals surface area contributed by atoms with E-state index >= 15 is 0 Å². The van der Waals surface area contributed by atoms with Crippen LogP contribution in [0.5, 0.6) is 0 Å². The third kappa shape index (κ3) is 4.30. The number of carbonyl (C=O) groups is 1. The van der Waals surface area contributed by atoms with Crippen LogP contribution in [-0.4, -0.2) is 10.2 Å². The first kappa shape index (κ1) is 17.7. The van der Waals surface area contributed by atoms with Gasteiger partial charge in [-0.2, -0.15) is 0 Å². The first-order valence-corrected chi connectivity index (χ1v) is 9.48. The largest absolute Gasteiger partial charge is 0.465 e. The summed E-state index contributed by atoms with van der Waals surface area (Å²) in [6.45, 7) is 2.18. The van der Waals surface area contributed by atoms with Crippen LogP contribution in [0, 0.1) is 0 Å². The molecule has 3 rings (SSSR count). The Labute approximate surface area is 157 Å². The van der Waals surface area contributed by atoms with Crippen LogP contribution in [0.4, 0.5) is 5.69 Å². The van der Waals surface area contributed by atoms with E-state index in [1.807, 2.05) is 30.3 Å². The van der Waals surface area contributed by atoms with Crippen LogP contribution >= 0.6 is 24.0 Å². The van der Waals surface area contributed by atoms with Crippen molar-refractivity contribution in [2.24, 2.45) is 0 Å². The van der Waals surface area contributed by atoms with Gasteiger partial charge < -0.3 is 4.42 Å². The van der Waals surface area contributed by atoms with Gasteiger partial charge in [-0.3, -0.25) is 9.69 Å².